The average molecular weight is 418 g/mol. The van der Waals surface area contributed by atoms with E-state index in [4.69, 9.17) is 20.9 Å². The first kappa shape index (κ1) is 19.6. The summed E-state index contributed by atoms with van der Waals surface area (Å²) in [7, 11) is 0. The Kier molecular flexibility index (Phi) is 5.62. The number of halogens is 1. The van der Waals surface area contributed by atoms with Crippen molar-refractivity contribution in [3.8, 4) is 11.4 Å². The Labute approximate surface area is 172 Å². The molecule has 2 heterocycles. The highest BCUT2D eigenvalue weighted by Crippen LogP contribution is 2.38. The molecule has 0 unspecified atom stereocenters. The van der Waals surface area contributed by atoms with Gasteiger partial charge in [-0.25, -0.2) is 0 Å². The molecular formula is C20H20ClN3O5. The standard InChI is InChI=1S/C20H20ClN3O5/c21-13-5-3-4-12(10-13)18-22-16(29-23-18)11-28-17(25)8-9-24-19(26)14-6-1-2-7-15(14)20(24)27/h3-5,10,14-15H,1-2,6-9,11H2/t14-,15-/m0/s1. The molecule has 0 bridgehead atoms. The summed E-state index contributed by atoms with van der Waals surface area (Å²) >= 11 is 5.95. The van der Waals surface area contributed by atoms with Gasteiger partial charge in [0.25, 0.3) is 5.89 Å². The number of amides is 2. The van der Waals surface area contributed by atoms with E-state index in [1.807, 2.05) is 0 Å². The highest BCUT2D eigenvalue weighted by Gasteiger charge is 2.47. The maximum Gasteiger partial charge on any atom is 0.308 e. The van der Waals surface area contributed by atoms with Crippen molar-refractivity contribution in [1.29, 1.82) is 0 Å². The number of likely N-dealkylation sites (tertiary alicyclic amines) is 1. The number of aromatic nitrogens is 2. The lowest BCUT2D eigenvalue weighted by molar-refractivity contribution is -0.147. The average Bonchev–Trinajstić information content (AvgIpc) is 3.29. The van der Waals surface area contributed by atoms with Crippen LogP contribution in [-0.2, 0) is 25.7 Å². The van der Waals surface area contributed by atoms with Gasteiger partial charge in [-0.15, -0.1) is 0 Å². The first-order chi connectivity index (χ1) is 14.0. The summed E-state index contributed by atoms with van der Waals surface area (Å²) in [6.45, 7) is -0.138. The molecule has 0 spiro atoms. The Morgan fingerprint density at radius 2 is 1.93 bits per heavy atom. The molecule has 2 aromatic rings. The number of hydrogen-bond donors (Lipinski definition) is 0. The van der Waals surface area contributed by atoms with Crippen LogP contribution in [0.1, 0.15) is 38.0 Å². The summed E-state index contributed by atoms with van der Waals surface area (Å²) in [6, 6.07) is 6.99. The third-order valence-corrected chi connectivity index (χ3v) is 5.61. The quantitative estimate of drug-likeness (QED) is 0.525. The summed E-state index contributed by atoms with van der Waals surface area (Å²) in [5.74, 6) is -0.789. The molecule has 1 aromatic heterocycles. The molecule has 1 saturated heterocycles. The molecule has 29 heavy (non-hydrogen) atoms. The lowest BCUT2D eigenvalue weighted by atomic mass is 9.81. The summed E-state index contributed by atoms with van der Waals surface area (Å²) in [6.07, 6.45) is 3.38. The highest BCUT2D eigenvalue weighted by molar-refractivity contribution is 6.30. The number of ether oxygens (including phenoxy) is 1. The SMILES string of the molecule is O=C(CCN1C(=O)[C@H]2CCCC[C@@H]2C1=O)OCc1nc(-c2cccc(Cl)c2)no1. The lowest BCUT2D eigenvalue weighted by Gasteiger charge is -2.19. The normalized spacial score (nSPS) is 21.3. The van der Waals surface area contributed by atoms with E-state index in [2.05, 4.69) is 10.1 Å². The topological polar surface area (TPSA) is 103 Å². The maximum atomic E-state index is 12.4. The Hall–Kier alpha value is -2.74. The van der Waals surface area contributed by atoms with Crippen LogP contribution in [0.2, 0.25) is 5.02 Å². The van der Waals surface area contributed by atoms with Crippen molar-refractivity contribution in [1.82, 2.24) is 15.0 Å². The zero-order valence-electron chi connectivity index (χ0n) is 15.7. The van der Waals surface area contributed by atoms with E-state index in [1.54, 1.807) is 24.3 Å². The largest absolute Gasteiger partial charge is 0.456 e. The molecule has 1 aliphatic heterocycles. The zero-order valence-corrected chi connectivity index (χ0v) is 16.4. The van der Waals surface area contributed by atoms with Crippen molar-refractivity contribution in [2.75, 3.05) is 6.54 Å². The second-order valence-electron chi connectivity index (χ2n) is 7.26. The number of carbonyl (C=O) groups excluding carboxylic acids is 3. The molecule has 1 aliphatic carbocycles. The number of imide groups is 1. The first-order valence-corrected chi connectivity index (χ1v) is 10.00. The van der Waals surface area contributed by atoms with Gasteiger partial charge in [0.1, 0.15) is 0 Å². The highest BCUT2D eigenvalue weighted by atomic mass is 35.5. The van der Waals surface area contributed by atoms with Gasteiger partial charge in [0.15, 0.2) is 6.61 Å². The molecular weight excluding hydrogens is 398 g/mol. The van der Waals surface area contributed by atoms with Gasteiger partial charge in [-0.2, -0.15) is 4.98 Å². The van der Waals surface area contributed by atoms with E-state index >= 15 is 0 Å². The number of fused-ring (bicyclic) bond motifs is 1. The molecule has 2 aliphatic rings. The van der Waals surface area contributed by atoms with Gasteiger partial charge in [-0.05, 0) is 25.0 Å². The smallest absolute Gasteiger partial charge is 0.308 e. The minimum Gasteiger partial charge on any atom is -0.456 e. The molecule has 2 amide bonds. The van der Waals surface area contributed by atoms with Crippen LogP contribution in [0.15, 0.2) is 28.8 Å². The molecule has 9 heteroatoms. The van der Waals surface area contributed by atoms with Crippen molar-refractivity contribution in [2.24, 2.45) is 11.8 Å². The third kappa shape index (κ3) is 4.17. The Bertz CT molecular complexity index is 920. The summed E-state index contributed by atoms with van der Waals surface area (Å²) in [4.78, 5) is 42.3. The van der Waals surface area contributed by atoms with Gasteiger partial charge in [0.2, 0.25) is 17.6 Å². The monoisotopic (exact) mass is 417 g/mol. The second kappa shape index (κ2) is 8.32. The van der Waals surface area contributed by atoms with Crippen LogP contribution in [0.25, 0.3) is 11.4 Å². The predicted octanol–water partition coefficient (Wildman–Crippen LogP) is 3.00. The van der Waals surface area contributed by atoms with Gasteiger partial charge >= 0.3 is 5.97 Å². The number of esters is 1. The number of hydrogen-bond acceptors (Lipinski definition) is 7. The summed E-state index contributed by atoms with van der Waals surface area (Å²) in [5.41, 5.74) is 0.686. The molecule has 2 fully saturated rings. The van der Waals surface area contributed by atoms with Crippen molar-refractivity contribution in [3.63, 3.8) is 0 Å². The van der Waals surface area contributed by atoms with Gasteiger partial charge < -0.3 is 9.26 Å². The third-order valence-electron chi connectivity index (χ3n) is 5.38. The number of carbonyl (C=O) groups is 3. The maximum absolute atomic E-state index is 12.4. The molecule has 2 atom stereocenters. The van der Waals surface area contributed by atoms with Crippen molar-refractivity contribution in [2.45, 2.75) is 38.7 Å². The zero-order chi connectivity index (χ0) is 20.4. The van der Waals surface area contributed by atoms with Gasteiger partial charge in [-0.1, -0.05) is 41.7 Å². The minimum absolute atomic E-state index is 0.0428. The molecule has 152 valence electrons. The van der Waals surface area contributed by atoms with E-state index in [9.17, 15) is 14.4 Å². The van der Waals surface area contributed by atoms with E-state index in [-0.39, 0.29) is 49.1 Å². The molecule has 8 nitrogen and oxygen atoms in total. The van der Waals surface area contributed by atoms with E-state index in [0.717, 1.165) is 25.7 Å². The van der Waals surface area contributed by atoms with Crippen LogP contribution in [0.3, 0.4) is 0 Å². The van der Waals surface area contributed by atoms with Crippen LogP contribution >= 0.6 is 11.6 Å². The van der Waals surface area contributed by atoms with E-state index in [0.29, 0.717) is 16.4 Å². The predicted molar refractivity (Wildman–Crippen MR) is 101 cm³/mol. The molecule has 0 radical (unpaired) electrons. The fourth-order valence-corrected chi connectivity index (χ4v) is 4.12. The molecule has 4 rings (SSSR count). The van der Waals surface area contributed by atoms with E-state index in [1.165, 1.54) is 4.90 Å². The molecule has 1 saturated carbocycles. The second-order valence-corrected chi connectivity index (χ2v) is 7.69. The van der Waals surface area contributed by atoms with Crippen LogP contribution in [0.5, 0.6) is 0 Å². The summed E-state index contributed by atoms with van der Waals surface area (Å²) in [5, 5.41) is 4.39. The fraction of sp³-hybridized carbons (Fsp3) is 0.450. The van der Waals surface area contributed by atoms with Crippen molar-refractivity contribution < 1.29 is 23.6 Å². The molecule has 1 aromatic carbocycles. The van der Waals surface area contributed by atoms with Crippen LogP contribution in [-0.4, -0.2) is 39.4 Å². The summed E-state index contributed by atoms with van der Waals surface area (Å²) < 4.78 is 10.2. The van der Waals surface area contributed by atoms with Crippen LogP contribution in [0, 0.1) is 11.8 Å². The Morgan fingerprint density at radius 3 is 2.62 bits per heavy atom. The lowest BCUT2D eigenvalue weighted by Crippen LogP contribution is -2.33. The van der Waals surface area contributed by atoms with Gasteiger partial charge in [0.05, 0.1) is 18.3 Å². The number of rotatable bonds is 6. The fourth-order valence-electron chi connectivity index (χ4n) is 3.93. The van der Waals surface area contributed by atoms with E-state index < -0.39 is 5.97 Å². The Balaban J connectivity index is 1.28. The van der Waals surface area contributed by atoms with Gasteiger partial charge in [-0.3, -0.25) is 19.3 Å². The Morgan fingerprint density at radius 1 is 1.21 bits per heavy atom. The van der Waals surface area contributed by atoms with Gasteiger partial charge in [0, 0.05) is 17.1 Å². The first-order valence-electron chi connectivity index (χ1n) is 9.62. The van der Waals surface area contributed by atoms with Crippen LogP contribution < -0.4 is 0 Å². The van der Waals surface area contributed by atoms with Crippen molar-refractivity contribution in [3.05, 3.63) is 35.2 Å². The number of nitrogens with zero attached hydrogens (tertiary/aromatic N) is 3. The van der Waals surface area contributed by atoms with Crippen molar-refractivity contribution >= 4 is 29.4 Å². The van der Waals surface area contributed by atoms with Crippen LogP contribution in [0.4, 0.5) is 0 Å². The minimum atomic E-state index is -0.539. The number of benzene rings is 1. The molecule has 0 N–H and O–H groups in total.